The number of hydrogen-bond acceptors (Lipinski definition) is 4. The Labute approximate surface area is 148 Å². The Morgan fingerprint density at radius 2 is 1.76 bits per heavy atom. The van der Waals surface area contributed by atoms with Gasteiger partial charge >= 0.3 is 0 Å². The Kier molecular flexibility index (Phi) is 5.20. The largest absolute Gasteiger partial charge is 0.336 e. The van der Waals surface area contributed by atoms with Crippen molar-refractivity contribution in [3.8, 4) is 0 Å². The van der Waals surface area contributed by atoms with Gasteiger partial charge in [-0.3, -0.25) is 8.98 Å². The summed E-state index contributed by atoms with van der Waals surface area (Å²) in [5.41, 5.74) is 1.58. The highest BCUT2D eigenvalue weighted by Crippen LogP contribution is 2.21. The van der Waals surface area contributed by atoms with E-state index in [2.05, 4.69) is 0 Å². The van der Waals surface area contributed by atoms with E-state index in [-0.39, 0.29) is 17.3 Å². The second kappa shape index (κ2) is 7.37. The fraction of sp³-hybridized carbons (Fsp3) is 0.316. The fourth-order valence-corrected chi connectivity index (χ4v) is 4.00. The standard InChI is InChI=1S/C19H21NO4S/c1-15-9-11-18(12-10-15)25(22,23)24-17-8-5-13-20(14-17)19(21)16-6-3-2-4-7-16/h2-4,6-7,9-12,17H,5,8,13-14H2,1H3. The van der Waals surface area contributed by atoms with Crippen LogP contribution in [0.1, 0.15) is 28.8 Å². The van der Waals surface area contributed by atoms with Gasteiger partial charge in [0.15, 0.2) is 0 Å². The lowest BCUT2D eigenvalue weighted by atomic mass is 10.1. The first-order chi connectivity index (χ1) is 12.0. The Bertz CT molecular complexity index is 831. The molecule has 0 spiro atoms. The number of nitrogens with zero attached hydrogens (tertiary/aromatic N) is 1. The summed E-state index contributed by atoms with van der Waals surface area (Å²) in [6.07, 6.45) is 0.809. The van der Waals surface area contributed by atoms with Gasteiger partial charge in [0.1, 0.15) is 0 Å². The van der Waals surface area contributed by atoms with Gasteiger partial charge in [-0.2, -0.15) is 8.42 Å². The SMILES string of the molecule is Cc1ccc(S(=O)(=O)OC2CCCN(C(=O)c3ccccc3)C2)cc1. The lowest BCUT2D eigenvalue weighted by molar-refractivity contribution is 0.0550. The van der Waals surface area contributed by atoms with Crippen LogP contribution in [-0.4, -0.2) is 38.4 Å². The molecule has 0 aliphatic carbocycles. The van der Waals surface area contributed by atoms with E-state index in [0.29, 0.717) is 24.9 Å². The van der Waals surface area contributed by atoms with E-state index in [1.165, 1.54) is 0 Å². The minimum absolute atomic E-state index is 0.0957. The Morgan fingerprint density at radius 1 is 1.08 bits per heavy atom. The van der Waals surface area contributed by atoms with Gasteiger partial charge in [-0.15, -0.1) is 0 Å². The van der Waals surface area contributed by atoms with Gasteiger partial charge in [-0.05, 0) is 44.0 Å². The number of rotatable bonds is 4. The Hall–Kier alpha value is -2.18. The monoisotopic (exact) mass is 359 g/mol. The second-order valence-corrected chi connectivity index (χ2v) is 7.82. The van der Waals surface area contributed by atoms with E-state index < -0.39 is 16.2 Å². The van der Waals surface area contributed by atoms with Crippen LogP contribution in [0.5, 0.6) is 0 Å². The van der Waals surface area contributed by atoms with Crippen molar-refractivity contribution in [2.24, 2.45) is 0 Å². The quantitative estimate of drug-likeness (QED) is 0.787. The molecule has 0 radical (unpaired) electrons. The molecule has 0 N–H and O–H groups in total. The summed E-state index contributed by atoms with van der Waals surface area (Å²) in [6, 6.07) is 15.6. The van der Waals surface area contributed by atoms with Crippen LogP contribution in [0.15, 0.2) is 59.5 Å². The highest BCUT2D eigenvalue weighted by molar-refractivity contribution is 7.86. The van der Waals surface area contributed by atoms with Crippen LogP contribution in [0, 0.1) is 6.92 Å². The zero-order valence-corrected chi connectivity index (χ0v) is 14.9. The molecular weight excluding hydrogens is 338 g/mol. The number of hydrogen-bond donors (Lipinski definition) is 0. The van der Waals surface area contributed by atoms with Crippen molar-refractivity contribution in [3.05, 3.63) is 65.7 Å². The zero-order valence-electron chi connectivity index (χ0n) is 14.1. The lowest BCUT2D eigenvalue weighted by Gasteiger charge is -2.32. The summed E-state index contributed by atoms with van der Waals surface area (Å²) < 4.78 is 30.3. The molecule has 0 bridgehead atoms. The van der Waals surface area contributed by atoms with E-state index in [0.717, 1.165) is 5.56 Å². The summed E-state index contributed by atoms with van der Waals surface area (Å²) in [5.74, 6) is -0.0957. The highest BCUT2D eigenvalue weighted by Gasteiger charge is 2.29. The first kappa shape index (κ1) is 17.6. The van der Waals surface area contributed by atoms with E-state index in [1.54, 1.807) is 41.3 Å². The predicted octanol–water partition coefficient (Wildman–Crippen LogP) is 3.01. The molecule has 0 saturated carbocycles. The van der Waals surface area contributed by atoms with Crippen molar-refractivity contribution in [2.45, 2.75) is 30.8 Å². The molecule has 0 aromatic heterocycles. The predicted molar refractivity (Wildman–Crippen MR) is 94.8 cm³/mol. The van der Waals surface area contributed by atoms with E-state index >= 15 is 0 Å². The first-order valence-corrected chi connectivity index (χ1v) is 9.71. The number of aryl methyl sites for hydroxylation is 1. The summed E-state index contributed by atoms with van der Waals surface area (Å²) >= 11 is 0. The average Bonchev–Trinajstić information content (AvgIpc) is 2.62. The van der Waals surface area contributed by atoms with Crippen LogP contribution in [-0.2, 0) is 14.3 Å². The van der Waals surface area contributed by atoms with Crippen molar-refractivity contribution in [2.75, 3.05) is 13.1 Å². The molecule has 2 aromatic rings. The van der Waals surface area contributed by atoms with Crippen LogP contribution in [0.25, 0.3) is 0 Å². The van der Waals surface area contributed by atoms with Gasteiger partial charge in [0.05, 0.1) is 11.0 Å². The van der Waals surface area contributed by atoms with Gasteiger partial charge in [-0.1, -0.05) is 35.9 Å². The third-order valence-electron chi connectivity index (χ3n) is 4.26. The van der Waals surface area contributed by atoms with Crippen LogP contribution < -0.4 is 0 Å². The molecule has 132 valence electrons. The number of carbonyl (C=O) groups excluding carboxylic acids is 1. The third-order valence-corrected chi connectivity index (χ3v) is 5.63. The summed E-state index contributed by atoms with van der Waals surface area (Å²) in [7, 11) is -3.83. The van der Waals surface area contributed by atoms with E-state index in [9.17, 15) is 13.2 Å². The minimum Gasteiger partial charge on any atom is -0.336 e. The van der Waals surface area contributed by atoms with Gasteiger partial charge < -0.3 is 4.90 Å². The molecule has 1 fully saturated rings. The number of likely N-dealkylation sites (tertiary alicyclic amines) is 1. The third kappa shape index (κ3) is 4.27. The molecule has 1 heterocycles. The number of piperidine rings is 1. The highest BCUT2D eigenvalue weighted by atomic mass is 32.2. The molecule has 2 aromatic carbocycles. The number of benzene rings is 2. The van der Waals surface area contributed by atoms with Crippen LogP contribution in [0.4, 0.5) is 0 Å². The summed E-state index contributed by atoms with van der Waals surface area (Å²) in [4.78, 5) is 14.3. The average molecular weight is 359 g/mol. The molecule has 1 aliphatic rings. The van der Waals surface area contributed by atoms with Crippen molar-refractivity contribution in [1.82, 2.24) is 4.90 Å². The van der Waals surface area contributed by atoms with Crippen molar-refractivity contribution in [1.29, 1.82) is 0 Å². The maximum Gasteiger partial charge on any atom is 0.297 e. The molecule has 3 rings (SSSR count). The van der Waals surface area contributed by atoms with Crippen molar-refractivity contribution in [3.63, 3.8) is 0 Å². The van der Waals surface area contributed by atoms with Crippen molar-refractivity contribution < 1.29 is 17.4 Å². The molecule has 1 amide bonds. The summed E-state index contributed by atoms with van der Waals surface area (Å²) in [6.45, 7) is 2.78. The van der Waals surface area contributed by atoms with Crippen LogP contribution in [0.3, 0.4) is 0 Å². The van der Waals surface area contributed by atoms with Crippen LogP contribution in [0.2, 0.25) is 0 Å². The Balaban J connectivity index is 1.69. The molecule has 25 heavy (non-hydrogen) atoms. The topological polar surface area (TPSA) is 63.7 Å². The molecule has 6 heteroatoms. The van der Waals surface area contributed by atoms with Gasteiger partial charge in [0.2, 0.25) is 0 Å². The molecule has 1 aliphatic heterocycles. The maximum absolute atomic E-state index is 12.5. The fourth-order valence-electron chi connectivity index (χ4n) is 2.90. The number of amides is 1. The molecular formula is C19H21NO4S. The smallest absolute Gasteiger partial charge is 0.297 e. The second-order valence-electron chi connectivity index (χ2n) is 6.24. The molecule has 5 nitrogen and oxygen atoms in total. The summed E-state index contributed by atoms with van der Waals surface area (Å²) in [5, 5.41) is 0. The normalized spacial score (nSPS) is 18.1. The molecule has 1 saturated heterocycles. The Morgan fingerprint density at radius 3 is 2.44 bits per heavy atom. The van der Waals surface area contributed by atoms with Gasteiger partial charge in [0.25, 0.3) is 16.0 Å². The van der Waals surface area contributed by atoms with E-state index in [1.807, 2.05) is 25.1 Å². The van der Waals surface area contributed by atoms with Gasteiger partial charge in [-0.25, -0.2) is 0 Å². The van der Waals surface area contributed by atoms with Gasteiger partial charge in [0, 0.05) is 18.7 Å². The van der Waals surface area contributed by atoms with E-state index in [4.69, 9.17) is 4.18 Å². The zero-order chi connectivity index (χ0) is 17.9. The first-order valence-electron chi connectivity index (χ1n) is 8.30. The van der Waals surface area contributed by atoms with Crippen molar-refractivity contribution >= 4 is 16.0 Å². The molecule has 1 atom stereocenters. The lowest BCUT2D eigenvalue weighted by Crippen LogP contribution is -2.43. The molecule has 1 unspecified atom stereocenters. The maximum atomic E-state index is 12.5. The number of carbonyl (C=O) groups is 1. The minimum atomic E-state index is -3.83. The van der Waals surface area contributed by atoms with Crippen LogP contribution >= 0.6 is 0 Å².